The second kappa shape index (κ2) is 4.69. The van der Waals surface area contributed by atoms with E-state index < -0.39 is 26.7 Å². The molecular weight excluding hydrogens is 262 g/mol. The van der Waals surface area contributed by atoms with Crippen molar-refractivity contribution in [3.63, 3.8) is 0 Å². The molecule has 0 atom stereocenters. The van der Waals surface area contributed by atoms with Crippen LogP contribution < -0.4 is 4.72 Å². The van der Waals surface area contributed by atoms with E-state index in [2.05, 4.69) is 9.71 Å². The van der Waals surface area contributed by atoms with E-state index >= 15 is 0 Å². The van der Waals surface area contributed by atoms with E-state index in [9.17, 15) is 17.2 Å². The second-order valence-electron chi connectivity index (χ2n) is 3.40. The number of rotatable bonds is 3. The Hall–Kier alpha value is -2.02. The average Bonchev–Trinajstić information content (AvgIpc) is 2.32. The molecule has 0 aliphatic heterocycles. The maximum absolute atomic E-state index is 13.3. The number of halogens is 2. The summed E-state index contributed by atoms with van der Waals surface area (Å²) in [6.07, 6.45) is 1.17. The van der Waals surface area contributed by atoms with E-state index in [0.29, 0.717) is 0 Å². The lowest BCUT2D eigenvalue weighted by atomic mass is 10.3. The number of nitrogens with zero attached hydrogens (tertiary/aromatic N) is 1. The summed E-state index contributed by atoms with van der Waals surface area (Å²) in [4.78, 5) is 3.46. The first-order chi connectivity index (χ1) is 8.49. The molecule has 2 rings (SSSR count). The van der Waals surface area contributed by atoms with Gasteiger partial charge >= 0.3 is 0 Å². The van der Waals surface area contributed by atoms with Crippen molar-refractivity contribution in [3.05, 3.63) is 54.2 Å². The fourth-order valence-electron chi connectivity index (χ4n) is 1.29. The number of hydrogen-bond donors (Lipinski definition) is 1. The Bertz CT molecular complexity index is 657. The molecule has 1 N–H and O–H groups in total. The van der Waals surface area contributed by atoms with Gasteiger partial charge < -0.3 is 0 Å². The molecule has 0 fully saturated rings. The molecule has 94 valence electrons. The predicted octanol–water partition coefficient (Wildman–Crippen LogP) is 2.16. The van der Waals surface area contributed by atoms with Gasteiger partial charge in [0.2, 0.25) is 5.03 Å². The van der Waals surface area contributed by atoms with Crippen molar-refractivity contribution in [2.24, 2.45) is 0 Å². The third-order valence-electron chi connectivity index (χ3n) is 2.08. The number of hydrogen-bond acceptors (Lipinski definition) is 3. The van der Waals surface area contributed by atoms with E-state index in [1.54, 1.807) is 0 Å². The second-order valence-corrected chi connectivity index (χ2v) is 5.00. The van der Waals surface area contributed by atoms with Crippen LogP contribution in [-0.2, 0) is 10.0 Å². The van der Waals surface area contributed by atoms with E-state index in [0.717, 1.165) is 18.2 Å². The Kier molecular flexibility index (Phi) is 3.24. The van der Waals surface area contributed by atoms with Crippen molar-refractivity contribution < 1.29 is 17.2 Å². The lowest BCUT2D eigenvalue weighted by Gasteiger charge is -2.07. The molecule has 0 unspecified atom stereocenters. The summed E-state index contributed by atoms with van der Waals surface area (Å²) < 4.78 is 51.7. The predicted molar refractivity (Wildman–Crippen MR) is 61.4 cm³/mol. The molecule has 0 saturated carbocycles. The van der Waals surface area contributed by atoms with Gasteiger partial charge in [0.05, 0.1) is 0 Å². The summed E-state index contributed by atoms with van der Waals surface area (Å²) in [5, 5.41) is -0.700. The van der Waals surface area contributed by atoms with Crippen LogP contribution in [0.25, 0.3) is 0 Å². The lowest BCUT2D eigenvalue weighted by molar-refractivity contribution is 0.556. The molecule has 0 bridgehead atoms. The fraction of sp³-hybridized carbons (Fsp3) is 0. The molecule has 1 aromatic carbocycles. The highest BCUT2D eigenvalue weighted by Gasteiger charge is 2.20. The van der Waals surface area contributed by atoms with Gasteiger partial charge in [-0.3, -0.25) is 4.72 Å². The smallest absolute Gasteiger partial charge is 0.278 e. The Morgan fingerprint density at radius 2 is 1.72 bits per heavy atom. The van der Waals surface area contributed by atoms with Crippen LogP contribution in [0.2, 0.25) is 0 Å². The summed E-state index contributed by atoms with van der Waals surface area (Å²) in [7, 11) is -4.12. The van der Waals surface area contributed by atoms with Crippen LogP contribution in [0.15, 0.2) is 47.6 Å². The minimum Gasteiger partial charge on any atom is -0.278 e. The quantitative estimate of drug-likeness (QED) is 0.929. The molecule has 1 heterocycles. The zero-order chi connectivity index (χ0) is 13.2. The Morgan fingerprint density at radius 1 is 1.06 bits per heavy atom. The summed E-state index contributed by atoms with van der Waals surface area (Å²) in [6.45, 7) is 0. The third-order valence-corrected chi connectivity index (χ3v) is 3.39. The number of sulfonamides is 1. The molecule has 0 amide bonds. The molecule has 1 aromatic heterocycles. The van der Waals surface area contributed by atoms with Crippen LogP contribution >= 0.6 is 0 Å². The minimum atomic E-state index is -4.12. The van der Waals surface area contributed by atoms with Crippen molar-refractivity contribution in [3.8, 4) is 0 Å². The first kappa shape index (κ1) is 12.4. The van der Waals surface area contributed by atoms with Crippen LogP contribution in [0.4, 0.5) is 14.5 Å². The van der Waals surface area contributed by atoms with E-state index in [1.165, 1.54) is 24.4 Å². The van der Waals surface area contributed by atoms with Crippen molar-refractivity contribution in [1.29, 1.82) is 0 Å². The first-order valence-corrected chi connectivity index (χ1v) is 6.36. The molecule has 7 heteroatoms. The molecule has 4 nitrogen and oxygen atoms in total. The average molecular weight is 270 g/mol. The normalized spacial score (nSPS) is 11.2. The van der Waals surface area contributed by atoms with Crippen LogP contribution in [0.5, 0.6) is 0 Å². The van der Waals surface area contributed by atoms with Gasteiger partial charge in [0, 0.05) is 11.9 Å². The van der Waals surface area contributed by atoms with Gasteiger partial charge in [0.1, 0.15) is 5.82 Å². The fourth-order valence-corrected chi connectivity index (χ4v) is 2.36. The van der Waals surface area contributed by atoms with Gasteiger partial charge in [-0.1, -0.05) is 0 Å². The van der Waals surface area contributed by atoms with Gasteiger partial charge in [0.15, 0.2) is 5.82 Å². The summed E-state index contributed by atoms with van der Waals surface area (Å²) in [6, 6.07) is 6.92. The van der Waals surface area contributed by atoms with Crippen molar-refractivity contribution >= 4 is 15.7 Å². The number of benzene rings is 1. The topological polar surface area (TPSA) is 59.1 Å². The molecule has 0 radical (unpaired) electrons. The van der Waals surface area contributed by atoms with Gasteiger partial charge in [-0.25, -0.2) is 13.8 Å². The largest absolute Gasteiger partial charge is 0.282 e. The molecule has 18 heavy (non-hydrogen) atoms. The lowest BCUT2D eigenvalue weighted by Crippen LogP contribution is -2.16. The standard InChI is InChI=1S/C11H8F2N2O2S/c12-8-3-5-9(6-4-8)15-18(16,17)11-10(13)2-1-7-14-11/h1-7,15H. The highest BCUT2D eigenvalue weighted by atomic mass is 32.2. The monoisotopic (exact) mass is 270 g/mol. The van der Waals surface area contributed by atoms with Gasteiger partial charge in [0.25, 0.3) is 10.0 Å². The van der Waals surface area contributed by atoms with Crippen molar-refractivity contribution in [1.82, 2.24) is 4.98 Å². The van der Waals surface area contributed by atoms with Crippen LogP contribution in [-0.4, -0.2) is 13.4 Å². The summed E-state index contributed by atoms with van der Waals surface area (Å²) in [5.74, 6) is -1.45. The molecule has 0 aliphatic rings. The summed E-state index contributed by atoms with van der Waals surface area (Å²) >= 11 is 0. The Morgan fingerprint density at radius 3 is 2.33 bits per heavy atom. The van der Waals surface area contributed by atoms with Crippen LogP contribution in [0.3, 0.4) is 0 Å². The SMILES string of the molecule is O=S(=O)(Nc1ccc(F)cc1)c1ncccc1F. The molecule has 0 saturated heterocycles. The maximum Gasteiger partial charge on any atom is 0.282 e. The van der Waals surface area contributed by atoms with Gasteiger partial charge in [-0.05, 0) is 36.4 Å². The maximum atomic E-state index is 13.3. The number of nitrogens with one attached hydrogen (secondary N) is 1. The molecule has 2 aromatic rings. The van der Waals surface area contributed by atoms with Crippen LogP contribution in [0, 0.1) is 11.6 Å². The van der Waals surface area contributed by atoms with E-state index in [-0.39, 0.29) is 5.69 Å². The van der Waals surface area contributed by atoms with Gasteiger partial charge in [-0.2, -0.15) is 8.42 Å². The van der Waals surface area contributed by atoms with E-state index in [4.69, 9.17) is 0 Å². The zero-order valence-electron chi connectivity index (χ0n) is 8.97. The molecule has 0 aliphatic carbocycles. The zero-order valence-corrected chi connectivity index (χ0v) is 9.79. The van der Waals surface area contributed by atoms with E-state index in [1.807, 2.05) is 0 Å². The summed E-state index contributed by atoms with van der Waals surface area (Å²) in [5.41, 5.74) is 0.126. The molecular formula is C11H8F2N2O2S. The first-order valence-electron chi connectivity index (χ1n) is 4.88. The van der Waals surface area contributed by atoms with Crippen molar-refractivity contribution in [2.45, 2.75) is 5.03 Å². The number of pyridine rings is 1. The minimum absolute atomic E-state index is 0.126. The third kappa shape index (κ3) is 2.62. The highest BCUT2D eigenvalue weighted by Crippen LogP contribution is 2.16. The number of aromatic nitrogens is 1. The van der Waals surface area contributed by atoms with Crippen LogP contribution in [0.1, 0.15) is 0 Å². The van der Waals surface area contributed by atoms with Crippen molar-refractivity contribution in [2.75, 3.05) is 4.72 Å². The number of anilines is 1. The van der Waals surface area contributed by atoms with Gasteiger partial charge in [-0.15, -0.1) is 0 Å². The molecule has 0 spiro atoms. The highest BCUT2D eigenvalue weighted by molar-refractivity contribution is 7.92. The Labute approximate surface area is 102 Å². The Balaban J connectivity index is 2.33.